The number of aromatic nitrogens is 1. The summed E-state index contributed by atoms with van der Waals surface area (Å²) >= 11 is 3.53. The molecule has 1 amide bonds. The summed E-state index contributed by atoms with van der Waals surface area (Å²) in [5.41, 5.74) is 0.646. The second-order valence-corrected chi connectivity index (χ2v) is 7.11. The van der Waals surface area contributed by atoms with Crippen molar-refractivity contribution in [3.63, 3.8) is 0 Å². The Bertz CT molecular complexity index is 502. The van der Waals surface area contributed by atoms with Crippen molar-refractivity contribution in [2.75, 3.05) is 18.0 Å². The SMILES string of the molecule is CC(C)(C)OC(=O)NC1CCCN(c2ccncc2Br)C1. The van der Waals surface area contributed by atoms with Crippen LogP contribution in [-0.2, 0) is 4.74 Å². The van der Waals surface area contributed by atoms with E-state index < -0.39 is 5.60 Å². The van der Waals surface area contributed by atoms with E-state index in [1.54, 1.807) is 12.4 Å². The zero-order chi connectivity index (χ0) is 15.5. The number of pyridine rings is 1. The lowest BCUT2D eigenvalue weighted by Crippen LogP contribution is -2.49. The summed E-state index contributed by atoms with van der Waals surface area (Å²) in [6.45, 7) is 7.37. The molecular weight excluding hydrogens is 334 g/mol. The summed E-state index contributed by atoms with van der Waals surface area (Å²) < 4.78 is 6.29. The van der Waals surface area contributed by atoms with E-state index in [-0.39, 0.29) is 12.1 Å². The van der Waals surface area contributed by atoms with Crippen molar-refractivity contribution in [2.24, 2.45) is 0 Å². The van der Waals surface area contributed by atoms with Crippen molar-refractivity contribution >= 4 is 27.7 Å². The van der Waals surface area contributed by atoms with Gasteiger partial charge in [0.05, 0.1) is 10.2 Å². The fraction of sp³-hybridized carbons (Fsp3) is 0.600. The quantitative estimate of drug-likeness (QED) is 0.883. The number of nitrogens with one attached hydrogen (secondary N) is 1. The number of hydrogen-bond donors (Lipinski definition) is 1. The first-order valence-electron chi connectivity index (χ1n) is 7.19. The Morgan fingerprint density at radius 1 is 1.52 bits per heavy atom. The summed E-state index contributed by atoms with van der Waals surface area (Å²) in [5.74, 6) is 0. The average Bonchev–Trinajstić information content (AvgIpc) is 2.37. The number of halogens is 1. The standard InChI is InChI=1S/C15H22BrN3O2/c1-15(2,3)21-14(20)18-11-5-4-8-19(10-11)13-6-7-17-9-12(13)16/h6-7,9,11H,4-5,8,10H2,1-3H3,(H,18,20). The zero-order valence-electron chi connectivity index (χ0n) is 12.7. The van der Waals surface area contributed by atoms with E-state index in [1.807, 2.05) is 26.8 Å². The van der Waals surface area contributed by atoms with Crippen LogP contribution in [0, 0.1) is 0 Å². The lowest BCUT2D eigenvalue weighted by molar-refractivity contribution is 0.0500. The van der Waals surface area contributed by atoms with E-state index in [2.05, 4.69) is 31.1 Å². The van der Waals surface area contributed by atoms with Gasteiger partial charge >= 0.3 is 6.09 Å². The molecule has 1 aromatic heterocycles. The maximum atomic E-state index is 11.9. The molecule has 1 atom stereocenters. The van der Waals surface area contributed by atoms with Gasteiger partial charge in [-0.05, 0) is 55.6 Å². The highest BCUT2D eigenvalue weighted by molar-refractivity contribution is 9.10. The van der Waals surface area contributed by atoms with Gasteiger partial charge in [0.1, 0.15) is 5.60 Å². The highest BCUT2D eigenvalue weighted by atomic mass is 79.9. The number of hydrogen-bond acceptors (Lipinski definition) is 4. The van der Waals surface area contributed by atoms with Crippen molar-refractivity contribution in [2.45, 2.75) is 45.3 Å². The number of piperidine rings is 1. The normalized spacial score (nSPS) is 19.2. The van der Waals surface area contributed by atoms with E-state index in [1.165, 1.54) is 0 Å². The Hall–Kier alpha value is -1.30. The van der Waals surface area contributed by atoms with Crippen LogP contribution in [0.4, 0.5) is 10.5 Å². The predicted molar refractivity (Wildman–Crippen MR) is 86.5 cm³/mol. The summed E-state index contributed by atoms with van der Waals surface area (Å²) in [6, 6.07) is 2.09. The fourth-order valence-corrected chi connectivity index (χ4v) is 2.91. The molecule has 2 rings (SSSR count). The smallest absolute Gasteiger partial charge is 0.407 e. The average molecular weight is 356 g/mol. The second kappa shape index (κ2) is 6.64. The van der Waals surface area contributed by atoms with E-state index in [0.717, 1.165) is 36.1 Å². The Balaban J connectivity index is 1.95. The van der Waals surface area contributed by atoms with Gasteiger partial charge in [0.25, 0.3) is 0 Å². The van der Waals surface area contributed by atoms with Crippen LogP contribution in [0.2, 0.25) is 0 Å². The third kappa shape index (κ3) is 4.88. The van der Waals surface area contributed by atoms with Crippen LogP contribution < -0.4 is 10.2 Å². The zero-order valence-corrected chi connectivity index (χ0v) is 14.3. The van der Waals surface area contributed by atoms with Crippen molar-refractivity contribution < 1.29 is 9.53 Å². The molecule has 1 saturated heterocycles. The van der Waals surface area contributed by atoms with Gasteiger partial charge in [-0.3, -0.25) is 4.98 Å². The molecule has 2 heterocycles. The fourth-order valence-electron chi connectivity index (χ4n) is 2.41. The first-order valence-corrected chi connectivity index (χ1v) is 7.98. The molecule has 5 nitrogen and oxygen atoms in total. The predicted octanol–water partition coefficient (Wildman–Crippen LogP) is 3.34. The molecule has 0 aromatic carbocycles. The maximum Gasteiger partial charge on any atom is 0.407 e. The van der Waals surface area contributed by atoms with Crippen LogP contribution in [0.25, 0.3) is 0 Å². The number of carbonyl (C=O) groups is 1. The minimum atomic E-state index is -0.466. The van der Waals surface area contributed by atoms with Gasteiger partial charge < -0.3 is 15.0 Å². The van der Waals surface area contributed by atoms with E-state index in [0.29, 0.717) is 0 Å². The third-order valence-electron chi connectivity index (χ3n) is 3.23. The van der Waals surface area contributed by atoms with Gasteiger partial charge in [0.2, 0.25) is 0 Å². The van der Waals surface area contributed by atoms with E-state index >= 15 is 0 Å². The Morgan fingerprint density at radius 2 is 2.29 bits per heavy atom. The molecule has 1 aromatic rings. The molecule has 1 unspecified atom stereocenters. The third-order valence-corrected chi connectivity index (χ3v) is 3.84. The van der Waals surface area contributed by atoms with Gasteiger partial charge in [0, 0.05) is 31.5 Å². The summed E-state index contributed by atoms with van der Waals surface area (Å²) in [5, 5.41) is 2.96. The van der Waals surface area contributed by atoms with Gasteiger partial charge in [-0.25, -0.2) is 4.79 Å². The monoisotopic (exact) mass is 355 g/mol. The molecule has 0 radical (unpaired) electrons. The number of ether oxygens (including phenoxy) is 1. The highest BCUT2D eigenvalue weighted by Gasteiger charge is 2.25. The molecule has 21 heavy (non-hydrogen) atoms. The Morgan fingerprint density at radius 3 is 2.95 bits per heavy atom. The van der Waals surface area contributed by atoms with Crippen molar-refractivity contribution in [3.05, 3.63) is 22.9 Å². The summed E-state index contributed by atoms with van der Waals surface area (Å²) in [7, 11) is 0. The number of carbonyl (C=O) groups excluding carboxylic acids is 1. The first-order chi connectivity index (χ1) is 9.85. The van der Waals surface area contributed by atoms with Gasteiger partial charge in [-0.2, -0.15) is 0 Å². The molecule has 0 spiro atoms. The topological polar surface area (TPSA) is 54.5 Å². The number of rotatable bonds is 2. The summed E-state index contributed by atoms with van der Waals surface area (Å²) in [6.07, 6.45) is 5.24. The lowest BCUT2D eigenvalue weighted by atomic mass is 10.1. The maximum absolute atomic E-state index is 11.9. The number of nitrogens with zero attached hydrogens (tertiary/aromatic N) is 2. The molecule has 0 bridgehead atoms. The van der Waals surface area contributed by atoms with Crippen LogP contribution in [0.5, 0.6) is 0 Å². The van der Waals surface area contributed by atoms with E-state index in [9.17, 15) is 4.79 Å². The van der Waals surface area contributed by atoms with Crippen molar-refractivity contribution in [1.29, 1.82) is 0 Å². The number of amides is 1. The second-order valence-electron chi connectivity index (χ2n) is 6.26. The van der Waals surface area contributed by atoms with Gasteiger partial charge in [-0.15, -0.1) is 0 Å². The molecule has 1 aliphatic heterocycles. The summed E-state index contributed by atoms with van der Waals surface area (Å²) in [4.78, 5) is 18.2. The molecule has 1 N–H and O–H groups in total. The van der Waals surface area contributed by atoms with Gasteiger partial charge in [0.15, 0.2) is 0 Å². The molecule has 1 aliphatic rings. The number of alkyl carbamates (subject to hydrolysis) is 1. The molecule has 0 aliphatic carbocycles. The lowest BCUT2D eigenvalue weighted by Gasteiger charge is -2.35. The van der Waals surface area contributed by atoms with Crippen LogP contribution in [0.15, 0.2) is 22.9 Å². The first kappa shape index (κ1) is 16.1. The molecule has 116 valence electrons. The van der Waals surface area contributed by atoms with Crippen LogP contribution >= 0.6 is 15.9 Å². The van der Waals surface area contributed by atoms with Crippen LogP contribution in [0.1, 0.15) is 33.6 Å². The molecule has 0 saturated carbocycles. The molecule has 6 heteroatoms. The minimum absolute atomic E-state index is 0.105. The van der Waals surface area contributed by atoms with Crippen molar-refractivity contribution in [3.8, 4) is 0 Å². The minimum Gasteiger partial charge on any atom is -0.444 e. The Kier molecular flexibility index (Phi) is 5.08. The largest absolute Gasteiger partial charge is 0.444 e. The number of anilines is 1. The van der Waals surface area contributed by atoms with E-state index in [4.69, 9.17) is 4.74 Å². The van der Waals surface area contributed by atoms with Crippen LogP contribution in [-0.4, -0.2) is 35.8 Å². The molecule has 1 fully saturated rings. The Labute approximate surface area is 134 Å². The van der Waals surface area contributed by atoms with Crippen molar-refractivity contribution in [1.82, 2.24) is 10.3 Å². The molecular formula is C15H22BrN3O2. The highest BCUT2D eigenvalue weighted by Crippen LogP contribution is 2.27. The van der Waals surface area contributed by atoms with Crippen LogP contribution in [0.3, 0.4) is 0 Å². The van der Waals surface area contributed by atoms with Gasteiger partial charge in [-0.1, -0.05) is 0 Å².